The van der Waals surface area contributed by atoms with Crippen LogP contribution in [0.25, 0.3) is 0 Å². The Morgan fingerprint density at radius 1 is 0.545 bits per heavy atom. The van der Waals surface area contributed by atoms with Crippen LogP contribution in [0.5, 0.6) is 0 Å². The third-order valence-corrected chi connectivity index (χ3v) is 8.89. The zero-order chi connectivity index (χ0) is 15.4. The van der Waals surface area contributed by atoms with E-state index in [1.165, 1.54) is 15.9 Å². The molecule has 2 heteroatoms. The zero-order valence-corrected chi connectivity index (χ0v) is 15.7. The standard InChI is InChI=1S/C20H20AsP/c1-21(2)17-13-15-20(16-14-17)22(18-9-5-3-6-10-18)19-11-7-4-8-12-19/h3-16H,1-2H3. The van der Waals surface area contributed by atoms with Crippen LogP contribution in [0, 0.1) is 0 Å². The molecule has 0 radical (unpaired) electrons. The molecule has 0 fully saturated rings. The molecule has 0 aliphatic rings. The number of hydrogen-bond donors (Lipinski definition) is 0. The van der Waals surface area contributed by atoms with E-state index in [1.54, 1.807) is 4.35 Å². The van der Waals surface area contributed by atoms with E-state index in [-0.39, 0.29) is 0 Å². The fourth-order valence-corrected chi connectivity index (χ4v) is 6.35. The van der Waals surface area contributed by atoms with Gasteiger partial charge in [0.25, 0.3) is 0 Å². The van der Waals surface area contributed by atoms with Gasteiger partial charge in [0.15, 0.2) is 0 Å². The second-order valence-electron chi connectivity index (χ2n) is 5.42. The monoisotopic (exact) mass is 366 g/mol. The van der Waals surface area contributed by atoms with Crippen molar-refractivity contribution in [2.24, 2.45) is 0 Å². The van der Waals surface area contributed by atoms with Crippen LogP contribution in [0.1, 0.15) is 0 Å². The molecule has 0 bridgehead atoms. The van der Waals surface area contributed by atoms with E-state index < -0.39 is 22.6 Å². The Balaban J connectivity index is 2.06. The average molecular weight is 366 g/mol. The van der Waals surface area contributed by atoms with Crippen LogP contribution in [-0.4, -0.2) is 14.7 Å². The van der Waals surface area contributed by atoms with E-state index in [1.807, 2.05) is 0 Å². The molecule has 3 rings (SSSR count). The molecular formula is C20H20AsP. The van der Waals surface area contributed by atoms with Crippen molar-refractivity contribution < 1.29 is 0 Å². The minimum absolute atomic E-state index is 0.461. The van der Waals surface area contributed by atoms with Crippen molar-refractivity contribution in [3.05, 3.63) is 84.9 Å². The van der Waals surface area contributed by atoms with Gasteiger partial charge in [0, 0.05) is 0 Å². The van der Waals surface area contributed by atoms with Crippen molar-refractivity contribution in [2.75, 3.05) is 0 Å². The van der Waals surface area contributed by atoms with Gasteiger partial charge in [-0.25, -0.2) is 0 Å². The van der Waals surface area contributed by atoms with Gasteiger partial charge in [0.1, 0.15) is 0 Å². The van der Waals surface area contributed by atoms with Gasteiger partial charge in [-0.05, 0) is 0 Å². The van der Waals surface area contributed by atoms with E-state index >= 15 is 0 Å². The van der Waals surface area contributed by atoms with Gasteiger partial charge in [-0.3, -0.25) is 0 Å². The molecule has 0 unspecified atom stereocenters. The topological polar surface area (TPSA) is 0 Å². The Kier molecular flexibility index (Phi) is 5.14. The van der Waals surface area contributed by atoms with Crippen LogP contribution in [0.3, 0.4) is 0 Å². The predicted octanol–water partition coefficient (Wildman–Crippen LogP) is 3.41. The fraction of sp³-hybridized carbons (Fsp3) is 0.100. The zero-order valence-electron chi connectivity index (χ0n) is 13.0. The molecule has 0 amide bonds. The van der Waals surface area contributed by atoms with Gasteiger partial charge < -0.3 is 0 Å². The van der Waals surface area contributed by atoms with Crippen molar-refractivity contribution in [3.63, 3.8) is 0 Å². The number of hydrogen-bond acceptors (Lipinski definition) is 0. The molecule has 3 aromatic rings. The molecule has 0 heterocycles. The molecule has 0 aliphatic carbocycles. The third-order valence-electron chi connectivity index (χ3n) is 3.65. The third kappa shape index (κ3) is 3.52. The Morgan fingerprint density at radius 3 is 1.36 bits per heavy atom. The maximum atomic E-state index is 2.39. The molecule has 0 aromatic heterocycles. The summed E-state index contributed by atoms with van der Waals surface area (Å²) in [5.74, 6) is 0. The van der Waals surface area contributed by atoms with Crippen LogP contribution in [-0.2, 0) is 0 Å². The summed E-state index contributed by atoms with van der Waals surface area (Å²) in [5.41, 5.74) is 4.78. The van der Waals surface area contributed by atoms with Gasteiger partial charge in [-0.15, -0.1) is 0 Å². The summed E-state index contributed by atoms with van der Waals surface area (Å²) in [6.45, 7) is 0. The van der Waals surface area contributed by atoms with E-state index in [2.05, 4.69) is 96.4 Å². The van der Waals surface area contributed by atoms with Gasteiger partial charge >= 0.3 is 139 Å². The molecule has 0 saturated carbocycles. The molecule has 0 atom stereocenters. The van der Waals surface area contributed by atoms with Gasteiger partial charge in [-0.2, -0.15) is 0 Å². The SMILES string of the molecule is C[As](C)c1ccc(P(c2ccccc2)c2ccccc2)cc1. The van der Waals surface area contributed by atoms with Crippen molar-refractivity contribution in [1.82, 2.24) is 0 Å². The molecular weight excluding hydrogens is 346 g/mol. The van der Waals surface area contributed by atoms with Crippen LogP contribution in [0.4, 0.5) is 0 Å². The summed E-state index contributed by atoms with van der Waals surface area (Å²) >= 11 is -0.786. The molecule has 3 aromatic carbocycles. The second-order valence-corrected chi connectivity index (χ2v) is 12.5. The molecule has 110 valence electrons. The Morgan fingerprint density at radius 2 is 0.955 bits per heavy atom. The average Bonchev–Trinajstić information content (AvgIpc) is 2.57. The van der Waals surface area contributed by atoms with E-state index in [9.17, 15) is 0 Å². The van der Waals surface area contributed by atoms with Gasteiger partial charge in [0.2, 0.25) is 0 Å². The second kappa shape index (κ2) is 7.27. The quantitative estimate of drug-likeness (QED) is 0.491. The summed E-state index contributed by atoms with van der Waals surface area (Å²) in [4.78, 5) is 0. The summed E-state index contributed by atoms with van der Waals surface area (Å²) in [5, 5.41) is 4.27. The van der Waals surface area contributed by atoms with Crippen LogP contribution >= 0.6 is 7.92 Å². The maximum absolute atomic E-state index is 2.39. The van der Waals surface area contributed by atoms with Crippen LogP contribution < -0.4 is 20.3 Å². The van der Waals surface area contributed by atoms with E-state index in [4.69, 9.17) is 0 Å². The molecule has 0 nitrogen and oxygen atoms in total. The van der Waals surface area contributed by atoms with Crippen molar-refractivity contribution in [3.8, 4) is 0 Å². The Bertz CT molecular complexity index is 666. The van der Waals surface area contributed by atoms with Crippen molar-refractivity contribution in [2.45, 2.75) is 11.4 Å². The minimum atomic E-state index is -0.786. The predicted molar refractivity (Wildman–Crippen MR) is 102 cm³/mol. The molecule has 0 N–H and O–H groups in total. The first-order valence-electron chi connectivity index (χ1n) is 7.43. The summed E-state index contributed by atoms with van der Waals surface area (Å²) in [7, 11) is -0.461. The Labute approximate surface area is 139 Å². The summed E-state index contributed by atoms with van der Waals surface area (Å²) in [6, 6.07) is 31.1. The number of rotatable bonds is 4. The van der Waals surface area contributed by atoms with E-state index in [0.717, 1.165) is 0 Å². The normalized spacial score (nSPS) is 11.1. The summed E-state index contributed by atoms with van der Waals surface area (Å²) in [6.07, 6.45) is 0. The van der Waals surface area contributed by atoms with Crippen LogP contribution in [0.2, 0.25) is 11.4 Å². The van der Waals surface area contributed by atoms with Crippen LogP contribution in [0.15, 0.2) is 84.9 Å². The molecule has 0 saturated heterocycles. The van der Waals surface area contributed by atoms with Gasteiger partial charge in [-0.1, -0.05) is 0 Å². The van der Waals surface area contributed by atoms with Gasteiger partial charge in [0.05, 0.1) is 0 Å². The summed E-state index contributed by atoms with van der Waals surface area (Å²) < 4.78 is 1.55. The van der Waals surface area contributed by atoms with Crippen molar-refractivity contribution in [1.29, 1.82) is 0 Å². The first-order valence-corrected chi connectivity index (χ1v) is 13.5. The van der Waals surface area contributed by atoms with E-state index in [0.29, 0.717) is 0 Å². The fourth-order valence-electron chi connectivity index (χ4n) is 2.50. The first kappa shape index (κ1) is 15.5. The van der Waals surface area contributed by atoms with Crippen molar-refractivity contribution >= 4 is 42.8 Å². The molecule has 22 heavy (non-hydrogen) atoms. The molecule has 0 spiro atoms. The number of benzene rings is 3. The first-order chi connectivity index (χ1) is 10.8. The molecule has 0 aliphatic heterocycles. The Hall–Kier alpha value is -1.35.